The van der Waals surface area contributed by atoms with Gasteiger partial charge in [-0.3, -0.25) is 15.2 Å². The molecular formula is C27H26F3N5O2. The molecule has 0 spiro atoms. The average molecular weight is 510 g/mol. The first kappa shape index (κ1) is 24.8. The number of nitrogens with zero attached hydrogens (tertiary/aromatic N) is 2. The highest BCUT2D eigenvalue weighted by Crippen LogP contribution is 2.39. The van der Waals surface area contributed by atoms with E-state index < -0.39 is 29.7 Å². The average Bonchev–Trinajstić information content (AvgIpc) is 3.25. The number of carbonyl (C=O) groups is 1. The van der Waals surface area contributed by atoms with E-state index in [2.05, 4.69) is 26.9 Å². The van der Waals surface area contributed by atoms with E-state index in [0.29, 0.717) is 29.4 Å². The molecule has 1 saturated carbocycles. The molecule has 2 atom stereocenters. The van der Waals surface area contributed by atoms with E-state index in [1.165, 1.54) is 12.1 Å². The van der Waals surface area contributed by atoms with Gasteiger partial charge in [-0.15, -0.1) is 0 Å². The maximum absolute atomic E-state index is 14.3. The number of alkyl halides is 3. The lowest BCUT2D eigenvalue weighted by Crippen LogP contribution is -2.52. The number of halogens is 3. The molecule has 192 valence electrons. The van der Waals surface area contributed by atoms with Gasteiger partial charge in [0, 0.05) is 22.5 Å². The lowest BCUT2D eigenvalue weighted by Gasteiger charge is -2.29. The summed E-state index contributed by atoms with van der Waals surface area (Å²) in [5.41, 5.74) is 1.63. The highest BCUT2D eigenvalue weighted by molar-refractivity contribution is 6.06. The molecular weight excluding hydrogens is 483 g/mol. The van der Waals surface area contributed by atoms with Crippen molar-refractivity contribution in [1.29, 1.82) is 5.26 Å². The quantitative estimate of drug-likeness (QED) is 0.280. The Morgan fingerprint density at radius 1 is 1.16 bits per heavy atom. The highest BCUT2D eigenvalue weighted by atomic mass is 19.4. The van der Waals surface area contributed by atoms with Crippen molar-refractivity contribution in [3.05, 3.63) is 54.4 Å². The molecule has 2 heterocycles. The van der Waals surface area contributed by atoms with Crippen LogP contribution in [0.3, 0.4) is 0 Å². The van der Waals surface area contributed by atoms with Gasteiger partial charge in [0.2, 0.25) is 5.91 Å². The predicted octanol–water partition coefficient (Wildman–Crippen LogP) is 5.76. The van der Waals surface area contributed by atoms with E-state index >= 15 is 0 Å². The van der Waals surface area contributed by atoms with Crippen LogP contribution in [-0.4, -0.2) is 33.9 Å². The minimum atomic E-state index is -4.67. The van der Waals surface area contributed by atoms with Crippen molar-refractivity contribution >= 4 is 27.8 Å². The number of hydrogen-bond donors (Lipinski definition) is 3. The molecule has 0 radical (unpaired) electrons. The summed E-state index contributed by atoms with van der Waals surface area (Å²) in [5.74, 6) is -0.643. The second kappa shape index (κ2) is 9.23. The Hall–Kier alpha value is -3.84. The fraction of sp³-hybridized carbons (Fsp3) is 0.370. The number of fused-ring (bicyclic) bond motifs is 3. The van der Waals surface area contributed by atoms with E-state index in [0.717, 1.165) is 16.5 Å². The number of aromatic nitrogens is 2. The molecule has 7 nitrogen and oxygen atoms in total. The summed E-state index contributed by atoms with van der Waals surface area (Å²) in [4.78, 5) is 12.9. The molecule has 10 heteroatoms. The Labute approximate surface area is 211 Å². The van der Waals surface area contributed by atoms with Gasteiger partial charge in [-0.25, -0.2) is 0 Å². The van der Waals surface area contributed by atoms with Crippen LogP contribution in [0.15, 0.2) is 53.2 Å². The van der Waals surface area contributed by atoms with Gasteiger partial charge in [0.1, 0.15) is 22.7 Å². The molecule has 1 aliphatic carbocycles. The zero-order valence-corrected chi connectivity index (χ0v) is 20.3. The molecule has 0 aliphatic heterocycles. The van der Waals surface area contributed by atoms with E-state index in [-0.39, 0.29) is 17.9 Å². The number of rotatable bonds is 8. The van der Waals surface area contributed by atoms with Crippen LogP contribution in [-0.2, 0) is 4.79 Å². The second-order valence-corrected chi connectivity index (χ2v) is 10.1. The minimum Gasteiger partial charge on any atom is -0.456 e. The van der Waals surface area contributed by atoms with Crippen molar-refractivity contribution in [2.75, 3.05) is 0 Å². The molecule has 5 rings (SSSR count). The third kappa shape index (κ3) is 5.04. The Morgan fingerprint density at radius 2 is 1.95 bits per heavy atom. The van der Waals surface area contributed by atoms with Crippen LogP contribution in [0.25, 0.3) is 33.1 Å². The second-order valence-electron chi connectivity index (χ2n) is 10.1. The SMILES string of the molecule is CC(C)C[C@H](N[C@@H](c1ccc2c(c1)oc1ccc(-c3cn[nH]c3)cc12)C(F)(F)F)C(=O)NC1(C#N)CC1. The molecule has 1 fully saturated rings. The summed E-state index contributed by atoms with van der Waals surface area (Å²) in [6, 6.07) is 8.79. The van der Waals surface area contributed by atoms with Gasteiger partial charge in [0.05, 0.1) is 18.3 Å². The van der Waals surface area contributed by atoms with Crippen molar-refractivity contribution in [2.45, 2.75) is 56.9 Å². The summed E-state index contributed by atoms with van der Waals surface area (Å²) in [6.45, 7) is 3.67. The molecule has 2 aromatic heterocycles. The first-order valence-corrected chi connectivity index (χ1v) is 12.1. The first-order chi connectivity index (χ1) is 17.6. The fourth-order valence-corrected chi connectivity index (χ4v) is 4.58. The number of hydrogen-bond acceptors (Lipinski definition) is 5. The van der Waals surface area contributed by atoms with Gasteiger partial charge in [0.15, 0.2) is 0 Å². The van der Waals surface area contributed by atoms with Crippen LogP contribution in [0.2, 0.25) is 0 Å². The Balaban J connectivity index is 1.48. The zero-order chi connectivity index (χ0) is 26.4. The number of nitriles is 1. The molecule has 0 unspecified atom stereocenters. The van der Waals surface area contributed by atoms with Crippen LogP contribution in [0.1, 0.15) is 44.7 Å². The number of carbonyl (C=O) groups excluding carboxylic acids is 1. The standard InChI is InChI=1S/C27H26F3N5O2/c1-15(2)9-21(25(36)35-26(14-31)7-8-26)34-24(27(28,29)30)17-3-5-19-20-10-16(18-12-32-33-13-18)4-6-22(20)37-23(19)11-17/h3-6,10-13,15,21,24,34H,7-9H2,1-2H3,(H,32,33)(H,35,36)/t21-,24-/m0/s1. The Kier molecular flexibility index (Phi) is 6.20. The fourth-order valence-electron chi connectivity index (χ4n) is 4.58. The van der Waals surface area contributed by atoms with E-state index in [1.54, 1.807) is 24.5 Å². The molecule has 1 amide bonds. The molecule has 1 aliphatic rings. The molecule has 3 N–H and O–H groups in total. The van der Waals surface area contributed by atoms with Gasteiger partial charge in [-0.1, -0.05) is 32.0 Å². The molecule has 0 bridgehead atoms. The summed E-state index contributed by atoms with van der Waals surface area (Å²) in [5, 5.41) is 22.7. The van der Waals surface area contributed by atoms with Crippen molar-refractivity contribution in [1.82, 2.24) is 20.8 Å². The van der Waals surface area contributed by atoms with Crippen LogP contribution in [0, 0.1) is 17.2 Å². The summed E-state index contributed by atoms with van der Waals surface area (Å²) < 4.78 is 48.8. The molecule has 4 aromatic rings. The number of furan rings is 1. The predicted molar refractivity (Wildman–Crippen MR) is 132 cm³/mol. The monoisotopic (exact) mass is 509 g/mol. The van der Waals surface area contributed by atoms with Gasteiger partial charge in [0.25, 0.3) is 0 Å². The molecule has 0 saturated heterocycles. The lowest BCUT2D eigenvalue weighted by atomic mass is 9.98. The number of nitrogens with one attached hydrogen (secondary N) is 3. The minimum absolute atomic E-state index is 0.0448. The Bertz CT molecular complexity index is 1480. The Morgan fingerprint density at radius 3 is 2.57 bits per heavy atom. The van der Waals surface area contributed by atoms with E-state index in [4.69, 9.17) is 4.42 Å². The number of aromatic amines is 1. The van der Waals surface area contributed by atoms with Crippen molar-refractivity contribution < 1.29 is 22.4 Å². The van der Waals surface area contributed by atoms with Crippen LogP contribution in [0.4, 0.5) is 13.2 Å². The van der Waals surface area contributed by atoms with Gasteiger partial charge in [-0.05, 0) is 54.5 Å². The third-order valence-corrected chi connectivity index (χ3v) is 6.71. The van der Waals surface area contributed by atoms with Crippen molar-refractivity contribution in [2.24, 2.45) is 5.92 Å². The van der Waals surface area contributed by atoms with Crippen LogP contribution in [0.5, 0.6) is 0 Å². The summed E-state index contributed by atoms with van der Waals surface area (Å²) in [7, 11) is 0. The maximum Gasteiger partial charge on any atom is 0.407 e. The van der Waals surface area contributed by atoms with Gasteiger partial charge in [-0.2, -0.15) is 23.5 Å². The first-order valence-electron chi connectivity index (χ1n) is 12.1. The smallest absolute Gasteiger partial charge is 0.407 e. The molecule has 2 aromatic carbocycles. The number of benzene rings is 2. The number of amides is 1. The number of H-pyrrole nitrogens is 1. The highest BCUT2D eigenvalue weighted by Gasteiger charge is 2.47. The molecule has 37 heavy (non-hydrogen) atoms. The third-order valence-electron chi connectivity index (χ3n) is 6.71. The van der Waals surface area contributed by atoms with E-state index in [1.807, 2.05) is 26.0 Å². The zero-order valence-electron chi connectivity index (χ0n) is 20.3. The summed E-state index contributed by atoms with van der Waals surface area (Å²) >= 11 is 0. The van der Waals surface area contributed by atoms with Crippen molar-refractivity contribution in [3.63, 3.8) is 0 Å². The lowest BCUT2D eigenvalue weighted by molar-refractivity contribution is -0.161. The van der Waals surface area contributed by atoms with Gasteiger partial charge >= 0.3 is 6.18 Å². The van der Waals surface area contributed by atoms with E-state index in [9.17, 15) is 23.2 Å². The van der Waals surface area contributed by atoms with Crippen molar-refractivity contribution in [3.8, 4) is 17.2 Å². The topological polar surface area (TPSA) is 107 Å². The maximum atomic E-state index is 14.3. The van der Waals surface area contributed by atoms with Crippen LogP contribution < -0.4 is 10.6 Å². The van der Waals surface area contributed by atoms with Gasteiger partial charge < -0.3 is 9.73 Å². The normalized spacial score (nSPS) is 16.6. The summed E-state index contributed by atoms with van der Waals surface area (Å²) in [6.07, 6.45) is -0.0480. The largest absolute Gasteiger partial charge is 0.456 e. The van der Waals surface area contributed by atoms with Crippen LogP contribution >= 0.6 is 0 Å².